The Morgan fingerprint density at radius 2 is 1.67 bits per heavy atom. The van der Waals surface area contributed by atoms with Crippen LogP contribution in [0.4, 0.5) is 0 Å². The third-order valence-electron chi connectivity index (χ3n) is 6.84. The molecule has 2 unspecified atom stereocenters. The predicted molar refractivity (Wildman–Crippen MR) is 133 cm³/mol. The van der Waals surface area contributed by atoms with Crippen LogP contribution in [0, 0.1) is 5.92 Å². The Hall–Kier alpha value is -3.75. The molecule has 9 heteroatoms. The van der Waals surface area contributed by atoms with E-state index in [1.165, 1.54) is 0 Å². The molecule has 2 heterocycles. The highest BCUT2D eigenvalue weighted by Crippen LogP contribution is 2.33. The highest BCUT2D eigenvalue weighted by atomic mass is 16.7. The number of ether oxygens (including phenoxy) is 3. The van der Waals surface area contributed by atoms with Crippen LogP contribution in [0.15, 0.2) is 42.5 Å². The minimum Gasteiger partial charge on any atom is -0.497 e. The zero-order valence-electron chi connectivity index (χ0n) is 20.9. The zero-order valence-corrected chi connectivity index (χ0v) is 20.9. The van der Waals surface area contributed by atoms with Crippen molar-refractivity contribution in [1.29, 1.82) is 0 Å². The second-order valence-corrected chi connectivity index (χ2v) is 9.20. The standard InChI is InChI=1S/C27H33N3O6/c1-4-17(2)28-26(32)24(29-25(31)19-5-8-21(34-3)9-6-19)18-11-13-30(14-12-18)27(33)20-7-10-22-23(15-20)36-16-35-22/h5-10,15,17-18,24H,4,11-14,16H2,1-3H3,(H,28,32)(H,29,31). The number of nitrogens with one attached hydrogen (secondary N) is 2. The van der Waals surface area contributed by atoms with Gasteiger partial charge < -0.3 is 29.7 Å². The average Bonchev–Trinajstić information content (AvgIpc) is 3.39. The summed E-state index contributed by atoms with van der Waals surface area (Å²) in [5.74, 6) is 1.14. The molecule has 2 aliphatic heterocycles. The fourth-order valence-corrected chi connectivity index (χ4v) is 4.45. The van der Waals surface area contributed by atoms with E-state index in [9.17, 15) is 14.4 Å². The van der Waals surface area contributed by atoms with E-state index in [1.807, 2.05) is 13.8 Å². The Kier molecular flexibility index (Phi) is 7.97. The van der Waals surface area contributed by atoms with Crippen LogP contribution in [0.3, 0.4) is 0 Å². The van der Waals surface area contributed by atoms with E-state index in [0.29, 0.717) is 54.3 Å². The van der Waals surface area contributed by atoms with Crippen LogP contribution < -0.4 is 24.8 Å². The van der Waals surface area contributed by atoms with Gasteiger partial charge in [-0.15, -0.1) is 0 Å². The van der Waals surface area contributed by atoms with Crippen LogP contribution in [0.25, 0.3) is 0 Å². The first-order chi connectivity index (χ1) is 17.4. The molecular formula is C27H33N3O6. The van der Waals surface area contributed by atoms with Gasteiger partial charge in [0.05, 0.1) is 7.11 Å². The molecule has 2 atom stereocenters. The van der Waals surface area contributed by atoms with E-state index in [-0.39, 0.29) is 36.5 Å². The summed E-state index contributed by atoms with van der Waals surface area (Å²) in [5.41, 5.74) is 0.990. The molecule has 2 N–H and O–H groups in total. The van der Waals surface area contributed by atoms with Gasteiger partial charge in [-0.05, 0) is 74.6 Å². The molecule has 2 aromatic carbocycles. The van der Waals surface area contributed by atoms with Crippen LogP contribution in [-0.2, 0) is 4.79 Å². The van der Waals surface area contributed by atoms with Crippen molar-refractivity contribution in [3.8, 4) is 17.2 Å². The Labute approximate surface area is 211 Å². The first-order valence-corrected chi connectivity index (χ1v) is 12.3. The normalized spacial score (nSPS) is 16.7. The molecule has 0 aromatic heterocycles. The lowest BCUT2D eigenvalue weighted by Crippen LogP contribution is -2.55. The number of likely N-dealkylation sites (tertiary alicyclic amines) is 1. The number of carbonyl (C=O) groups excluding carboxylic acids is 3. The lowest BCUT2D eigenvalue weighted by atomic mass is 9.88. The van der Waals surface area contributed by atoms with Crippen molar-refractivity contribution in [1.82, 2.24) is 15.5 Å². The highest BCUT2D eigenvalue weighted by Gasteiger charge is 2.35. The summed E-state index contributed by atoms with van der Waals surface area (Å²) in [6.45, 7) is 5.07. The Morgan fingerprint density at radius 1 is 1.00 bits per heavy atom. The summed E-state index contributed by atoms with van der Waals surface area (Å²) >= 11 is 0. The minimum atomic E-state index is -0.698. The maximum absolute atomic E-state index is 13.2. The van der Waals surface area contributed by atoms with E-state index >= 15 is 0 Å². The van der Waals surface area contributed by atoms with Crippen molar-refractivity contribution < 1.29 is 28.6 Å². The Bertz CT molecular complexity index is 1100. The summed E-state index contributed by atoms with van der Waals surface area (Å²) in [6, 6.07) is 11.2. The van der Waals surface area contributed by atoms with Gasteiger partial charge in [0, 0.05) is 30.3 Å². The van der Waals surface area contributed by atoms with Crippen molar-refractivity contribution in [3.63, 3.8) is 0 Å². The van der Waals surface area contributed by atoms with Gasteiger partial charge in [-0.3, -0.25) is 14.4 Å². The van der Waals surface area contributed by atoms with Crippen molar-refractivity contribution in [2.75, 3.05) is 27.0 Å². The number of methoxy groups -OCH3 is 1. The topological polar surface area (TPSA) is 106 Å². The van der Waals surface area contributed by atoms with E-state index in [1.54, 1.807) is 54.5 Å². The fraction of sp³-hybridized carbons (Fsp3) is 0.444. The molecule has 36 heavy (non-hydrogen) atoms. The van der Waals surface area contributed by atoms with Crippen molar-refractivity contribution in [2.24, 2.45) is 5.92 Å². The Balaban J connectivity index is 1.43. The number of fused-ring (bicyclic) bond motifs is 1. The smallest absolute Gasteiger partial charge is 0.253 e. The third kappa shape index (κ3) is 5.72. The van der Waals surface area contributed by atoms with E-state index in [4.69, 9.17) is 14.2 Å². The number of amides is 3. The molecule has 192 valence electrons. The molecule has 4 rings (SSSR count). The summed E-state index contributed by atoms with van der Waals surface area (Å²) in [4.78, 5) is 41.0. The summed E-state index contributed by atoms with van der Waals surface area (Å²) in [7, 11) is 1.56. The van der Waals surface area contributed by atoms with Gasteiger partial charge in [-0.25, -0.2) is 0 Å². The first kappa shape index (κ1) is 25.3. The molecule has 1 saturated heterocycles. The average molecular weight is 496 g/mol. The number of carbonyl (C=O) groups is 3. The van der Waals surface area contributed by atoms with Gasteiger partial charge >= 0.3 is 0 Å². The van der Waals surface area contributed by atoms with Gasteiger partial charge in [-0.1, -0.05) is 6.92 Å². The van der Waals surface area contributed by atoms with Crippen LogP contribution in [-0.4, -0.2) is 61.7 Å². The predicted octanol–water partition coefficient (Wildman–Crippen LogP) is 2.99. The summed E-state index contributed by atoms with van der Waals surface area (Å²) in [5, 5.41) is 5.95. The molecular weight excluding hydrogens is 462 g/mol. The van der Waals surface area contributed by atoms with Gasteiger partial charge in [0.25, 0.3) is 11.8 Å². The second-order valence-electron chi connectivity index (χ2n) is 9.20. The van der Waals surface area contributed by atoms with E-state index in [0.717, 1.165) is 6.42 Å². The maximum Gasteiger partial charge on any atom is 0.253 e. The number of nitrogens with zero attached hydrogens (tertiary/aromatic N) is 1. The summed E-state index contributed by atoms with van der Waals surface area (Å²) < 4.78 is 15.9. The first-order valence-electron chi connectivity index (χ1n) is 12.3. The largest absolute Gasteiger partial charge is 0.497 e. The van der Waals surface area contributed by atoms with Gasteiger partial charge in [0.1, 0.15) is 11.8 Å². The van der Waals surface area contributed by atoms with Crippen LogP contribution in [0.5, 0.6) is 17.2 Å². The van der Waals surface area contributed by atoms with E-state index < -0.39 is 6.04 Å². The fourth-order valence-electron chi connectivity index (χ4n) is 4.45. The molecule has 2 aliphatic rings. The molecule has 0 bridgehead atoms. The monoisotopic (exact) mass is 495 g/mol. The number of rotatable bonds is 8. The lowest BCUT2D eigenvalue weighted by molar-refractivity contribution is -0.125. The van der Waals surface area contributed by atoms with E-state index in [2.05, 4.69) is 10.6 Å². The molecule has 9 nitrogen and oxygen atoms in total. The Morgan fingerprint density at radius 3 is 2.33 bits per heavy atom. The quantitative estimate of drug-likeness (QED) is 0.583. The molecule has 2 aromatic rings. The van der Waals surface area contributed by atoms with Crippen LogP contribution >= 0.6 is 0 Å². The van der Waals surface area contributed by atoms with Gasteiger partial charge in [0.2, 0.25) is 12.7 Å². The number of piperidine rings is 1. The zero-order chi connectivity index (χ0) is 25.7. The maximum atomic E-state index is 13.2. The van der Waals surface area contributed by atoms with Crippen LogP contribution in [0.1, 0.15) is 53.8 Å². The SMILES string of the molecule is CCC(C)NC(=O)C(NC(=O)c1ccc(OC)cc1)C1CCN(C(=O)c2ccc3c(c2)OCO3)CC1. The van der Waals surface area contributed by atoms with Crippen LogP contribution in [0.2, 0.25) is 0 Å². The minimum absolute atomic E-state index is 0.00874. The van der Waals surface area contributed by atoms with Gasteiger partial charge in [-0.2, -0.15) is 0 Å². The molecule has 0 radical (unpaired) electrons. The van der Waals surface area contributed by atoms with Gasteiger partial charge in [0.15, 0.2) is 11.5 Å². The molecule has 0 saturated carbocycles. The third-order valence-corrected chi connectivity index (χ3v) is 6.84. The molecule has 0 spiro atoms. The molecule has 0 aliphatic carbocycles. The molecule has 1 fully saturated rings. The number of hydrogen-bond donors (Lipinski definition) is 2. The van der Waals surface area contributed by atoms with Crippen molar-refractivity contribution in [2.45, 2.75) is 45.2 Å². The number of benzene rings is 2. The summed E-state index contributed by atoms with van der Waals surface area (Å²) in [6.07, 6.45) is 1.98. The van der Waals surface area contributed by atoms with Crippen molar-refractivity contribution in [3.05, 3.63) is 53.6 Å². The highest BCUT2D eigenvalue weighted by molar-refractivity contribution is 5.98. The lowest BCUT2D eigenvalue weighted by Gasteiger charge is -2.36. The molecule has 3 amide bonds. The number of hydrogen-bond acceptors (Lipinski definition) is 6. The second kappa shape index (κ2) is 11.3. The van der Waals surface area contributed by atoms with Crippen molar-refractivity contribution >= 4 is 17.7 Å².